The lowest BCUT2D eigenvalue weighted by Gasteiger charge is -2.28. The number of hydrogen-bond donors (Lipinski definition) is 1. The van der Waals surface area contributed by atoms with E-state index in [9.17, 15) is 14.9 Å². The molecule has 3 rings (SSSR count). The fourth-order valence-corrected chi connectivity index (χ4v) is 4.50. The van der Waals surface area contributed by atoms with Crippen molar-refractivity contribution in [3.05, 3.63) is 35.5 Å². The Bertz CT molecular complexity index is 1030. The molecule has 0 aliphatic carbocycles. The molecule has 1 aromatic heterocycles. The van der Waals surface area contributed by atoms with E-state index in [-0.39, 0.29) is 11.9 Å². The largest absolute Gasteiger partial charge is 0.444 e. The van der Waals surface area contributed by atoms with Gasteiger partial charge in [-0.1, -0.05) is 6.07 Å². The number of nitrogens with zero attached hydrogens (tertiary/aromatic N) is 3. The molecular formula is C25H34N4O3. The van der Waals surface area contributed by atoms with Gasteiger partial charge in [-0.15, -0.1) is 0 Å². The van der Waals surface area contributed by atoms with Crippen LogP contribution in [0, 0.1) is 11.3 Å². The molecule has 2 amide bonds. The van der Waals surface area contributed by atoms with Crippen LogP contribution in [-0.4, -0.2) is 45.7 Å². The molecule has 7 heteroatoms. The first-order valence-corrected chi connectivity index (χ1v) is 11.4. The zero-order valence-electron chi connectivity index (χ0n) is 19.8. The Labute approximate surface area is 190 Å². The summed E-state index contributed by atoms with van der Waals surface area (Å²) in [5.74, 6) is -0.0620. The van der Waals surface area contributed by atoms with Crippen molar-refractivity contribution in [1.82, 2.24) is 14.8 Å². The van der Waals surface area contributed by atoms with Crippen molar-refractivity contribution in [1.29, 1.82) is 5.26 Å². The van der Waals surface area contributed by atoms with E-state index in [2.05, 4.69) is 28.9 Å². The van der Waals surface area contributed by atoms with Crippen molar-refractivity contribution in [3.63, 3.8) is 0 Å². The molecule has 1 saturated heterocycles. The van der Waals surface area contributed by atoms with Gasteiger partial charge < -0.3 is 19.5 Å². The van der Waals surface area contributed by atoms with Crippen LogP contribution in [0.3, 0.4) is 0 Å². The van der Waals surface area contributed by atoms with Crippen LogP contribution in [0.25, 0.3) is 10.9 Å². The number of benzene rings is 1. The first kappa shape index (κ1) is 23.6. The van der Waals surface area contributed by atoms with E-state index in [4.69, 9.17) is 4.74 Å². The average Bonchev–Trinajstić information content (AvgIpc) is 3.33. The van der Waals surface area contributed by atoms with Crippen molar-refractivity contribution < 1.29 is 14.3 Å². The third-order valence-electron chi connectivity index (χ3n) is 5.93. The van der Waals surface area contributed by atoms with Crippen LogP contribution in [0.4, 0.5) is 4.79 Å². The maximum absolute atomic E-state index is 13.0. The second kappa shape index (κ2) is 9.64. The Kier molecular flexibility index (Phi) is 7.12. The highest BCUT2D eigenvalue weighted by Gasteiger charge is 2.32. The molecule has 1 N–H and O–H groups in total. The van der Waals surface area contributed by atoms with Crippen LogP contribution in [0.2, 0.25) is 0 Å². The zero-order chi connectivity index (χ0) is 23.5. The first-order valence-electron chi connectivity index (χ1n) is 11.4. The Morgan fingerprint density at radius 1 is 1.31 bits per heavy atom. The van der Waals surface area contributed by atoms with E-state index in [0.29, 0.717) is 12.1 Å². The molecule has 7 nitrogen and oxygen atoms in total. The summed E-state index contributed by atoms with van der Waals surface area (Å²) in [5.41, 5.74) is 2.36. The number of nitriles is 1. The van der Waals surface area contributed by atoms with Gasteiger partial charge in [0.2, 0.25) is 5.91 Å². The van der Waals surface area contributed by atoms with E-state index < -0.39 is 17.7 Å². The monoisotopic (exact) mass is 438 g/mol. The number of aromatic nitrogens is 1. The van der Waals surface area contributed by atoms with Crippen LogP contribution >= 0.6 is 0 Å². The third-order valence-corrected chi connectivity index (χ3v) is 5.93. The van der Waals surface area contributed by atoms with Crippen LogP contribution in [0.5, 0.6) is 0 Å². The Hall–Kier alpha value is -3.01. The lowest BCUT2D eigenvalue weighted by molar-refractivity contribution is -0.134. The highest BCUT2D eigenvalue weighted by molar-refractivity contribution is 5.86. The van der Waals surface area contributed by atoms with Crippen molar-refractivity contribution in [3.8, 4) is 6.07 Å². The molecule has 2 aromatic rings. The van der Waals surface area contributed by atoms with Gasteiger partial charge in [0, 0.05) is 30.3 Å². The molecule has 1 fully saturated rings. The molecule has 1 aliphatic heterocycles. The molecular weight excluding hydrogens is 404 g/mol. The van der Waals surface area contributed by atoms with Gasteiger partial charge in [0.1, 0.15) is 11.6 Å². The molecule has 0 bridgehead atoms. The maximum atomic E-state index is 13.0. The van der Waals surface area contributed by atoms with Gasteiger partial charge in [0.25, 0.3) is 0 Å². The minimum Gasteiger partial charge on any atom is -0.444 e. The number of alkyl carbamates (subject to hydrolysis) is 1. The summed E-state index contributed by atoms with van der Waals surface area (Å²) in [7, 11) is 0. The molecule has 0 saturated carbocycles. The topological polar surface area (TPSA) is 87.4 Å². The maximum Gasteiger partial charge on any atom is 0.408 e. The second-order valence-corrected chi connectivity index (χ2v) is 9.50. The highest BCUT2D eigenvalue weighted by Crippen LogP contribution is 2.26. The van der Waals surface area contributed by atoms with E-state index in [0.717, 1.165) is 43.1 Å². The van der Waals surface area contributed by atoms with Gasteiger partial charge in [-0.2, -0.15) is 5.26 Å². The van der Waals surface area contributed by atoms with Crippen molar-refractivity contribution in [2.75, 3.05) is 6.54 Å². The van der Waals surface area contributed by atoms with Gasteiger partial charge in [-0.25, -0.2) is 4.79 Å². The van der Waals surface area contributed by atoms with E-state index in [1.807, 2.05) is 23.1 Å². The van der Waals surface area contributed by atoms with Crippen LogP contribution < -0.4 is 5.32 Å². The van der Waals surface area contributed by atoms with Gasteiger partial charge in [-0.3, -0.25) is 4.79 Å². The third kappa shape index (κ3) is 5.42. The molecule has 1 aliphatic rings. The predicted octanol–water partition coefficient (Wildman–Crippen LogP) is 4.37. The minimum atomic E-state index is -0.628. The van der Waals surface area contributed by atoms with Crippen molar-refractivity contribution in [2.24, 2.45) is 0 Å². The Morgan fingerprint density at radius 3 is 2.72 bits per heavy atom. The van der Waals surface area contributed by atoms with Gasteiger partial charge in [-0.05, 0) is 83.9 Å². The fourth-order valence-electron chi connectivity index (χ4n) is 4.50. The number of nitrogens with one attached hydrogen (secondary N) is 1. The van der Waals surface area contributed by atoms with Crippen LogP contribution in [0.1, 0.15) is 65.1 Å². The Balaban J connectivity index is 1.66. The van der Waals surface area contributed by atoms with E-state index in [1.54, 1.807) is 27.7 Å². The Morgan fingerprint density at radius 2 is 2.06 bits per heavy atom. The molecule has 0 spiro atoms. The fraction of sp³-hybridized carbons (Fsp3) is 0.560. The lowest BCUT2D eigenvalue weighted by Crippen LogP contribution is -2.49. The van der Waals surface area contributed by atoms with Gasteiger partial charge >= 0.3 is 6.09 Å². The molecule has 0 radical (unpaired) electrons. The number of amides is 2. The molecule has 1 aromatic carbocycles. The van der Waals surface area contributed by atoms with Crippen LogP contribution in [0.15, 0.2) is 24.3 Å². The number of likely N-dealkylation sites (tertiary alicyclic amines) is 1. The summed E-state index contributed by atoms with van der Waals surface area (Å²) in [5, 5.41) is 13.0. The second-order valence-electron chi connectivity index (χ2n) is 9.50. The molecule has 32 heavy (non-hydrogen) atoms. The number of aryl methyl sites for hydroxylation is 2. The minimum absolute atomic E-state index is 0.0620. The zero-order valence-corrected chi connectivity index (χ0v) is 19.8. The quantitative estimate of drug-likeness (QED) is 0.725. The molecule has 2 heterocycles. The number of carbonyl (C=O) groups is 2. The molecule has 1 unspecified atom stereocenters. The number of hydrogen-bond acceptors (Lipinski definition) is 4. The van der Waals surface area contributed by atoms with Gasteiger partial charge in [0.15, 0.2) is 0 Å². The standard InChI is InChI=1S/C25H34N4O3/c1-6-28-21(15-19-10-9-18(16-26)14-22(19)28)12-11-20-8-7-13-29(20)23(30)17(2)27-24(31)32-25(3,4)5/h9-10,14-15,17,20H,6-8,11-13H2,1-5H3,(H,27,31)/t17-,20?/m1/s1. The highest BCUT2D eigenvalue weighted by atomic mass is 16.6. The summed E-state index contributed by atoms with van der Waals surface area (Å²) < 4.78 is 7.53. The van der Waals surface area contributed by atoms with E-state index >= 15 is 0 Å². The lowest BCUT2D eigenvalue weighted by atomic mass is 10.1. The number of ether oxygens (including phenoxy) is 1. The number of fused-ring (bicyclic) bond motifs is 1. The summed E-state index contributed by atoms with van der Waals surface area (Å²) in [6.45, 7) is 10.8. The van der Waals surface area contributed by atoms with Crippen LogP contribution in [-0.2, 0) is 22.5 Å². The first-order chi connectivity index (χ1) is 15.1. The van der Waals surface area contributed by atoms with Crippen molar-refractivity contribution >= 4 is 22.9 Å². The van der Waals surface area contributed by atoms with E-state index in [1.165, 1.54) is 5.69 Å². The average molecular weight is 439 g/mol. The normalized spacial score (nSPS) is 17.2. The molecule has 2 atom stereocenters. The predicted molar refractivity (Wildman–Crippen MR) is 124 cm³/mol. The number of rotatable bonds is 6. The SMILES string of the molecule is CCn1c(CCC2CCCN2C(=O)[C@@H](C)NC(=O)OC(C)(C)C)cc2ccc(C#N)cc21. The summed E-state index contributed by atoms with van der Waals surface area (Å²) in [4.78, 5) is 27.0. The number of carbonyl (C=O) groups excluding carboxylic acids is 2. The summed E-state index contributed by atoms with van der Waals surface area (Å²) in [6.07, 6.45) is 3.09. The summed E-state index contributed by atoms with van der Waals surface area (Å²) in [6, 6.07) is 9.72. The van der Waals surface area contributed by atoms with Crippen molar-refractivity contribution in [2.45, 2.75) is 84.5 Å². The van der Waals surface area contributed by atoms with Gasteiger partial charge in [0.05, 0.1) is 11.6 Å². The summed E-state index contributed by atoms with van der Waals surface area (Å²) >= 11 is 0. The molecule has 172 valence electrons. The smallest absolute Gasteiger partial charge is 0.408 e.